The van der Waals surface area contributed by atoms with E-state index in [1.54, 1.807) is 0 Å². The van der Waals surface area contributed by atoms with Gasteiger partial charge in [0.05, 0.1) is 11.7 Å². The quantitative estimate of drug-likeness (QED) is 0.554. The molecule has 0 aromatic rings. The van der Waals surface area contributed by atoms with Crippen LogP contribution < -0.4 is 0 Å². The lowest BCUT2D eigenvalue weighted by Gasteiger charge is -2.43. The zero-order valence-electron chi connectivity index (χ0n) is 15.7. The predicted molar refractivity (Wildman–Crippen MR) is 107 cm³/mol. The fraction of sp³-hybridized carbons (Fsp3) is 1.00. The molecule has 140 valence electrons. The molecule has 0 saturated heterocycles. The van der Waals surface area contributed by atoms with Gasteiger partial charge in [-0.25, -0.2) is 0 Å². The first-order valence-electron chi connectivity index (χ1n) is 9.79. The Hall–Kier alpha value is 0.620. The lowest BCUT2D eigenvalue weighted by Crippen LogP contribution is -2.42. The second-order valence-electron chi connectivity index (χ2n) is 9.84. The first-order chi connectivity index (χ1) is 11.0. The van der Waals surface area contributed by atoms with Gasteiger partial charge in [0.1, 0.15) is 0 Å². The largest absolute Gasteiger partial charge is 0.392 e. The monoisotopic (exact) mass is 372 g/mol. The highest BCUT2D eigenvalue weighted by Crippen LogP contribution is 2.69. The summed E-state index contributed by atoms with van der Waals surface area (Å²) >= 11 is 9.43. The van der Waals surface area contributed by atoms with Crippen LogP contribution in [0.3, 0.4) is 0 Å². The lowest BCUT2D eigenvalue weighted by atomic mass is 9.64. The van der Waals surface area contributed by atoms with E-state index in [-0.39, 0.29) is 27.4 Å². The summed E-state index contributed by atoms with van der Waals surface area (Å²) < 4.78 is 0. The van der Waals surface area contributed by atoms with Gasteiger partial charge in [-0.1, -0.05) is 20.8 Å². The second-order valence-corrected chi connectivity index (χ2v) is 11.0. The van der Waals surface area contributed by atoms with Crippen LogP contribution in [0, 0.1) is 28.6 Å². The Morgan fingerprint density at radius 1 is 1.12 bits per heavy atom. The van der Waals surface area contributed by atoms with Gasteiger partial charge in [-0.3, -0.25) is 0 Å². The molecular weight excluding hydrogens is 336 g/mol. The van der Waals surface area contributed by atoms with Crippen molar-refractivity contribution in [3.05, 3.63) is 0 Å². The minimum atomic E-state index is -0.604. The Bertz CT molecular complexity index is 482. The topological polar surface area (TPSA) is 40.5 Å². The van der Waals surface area contributed by atoms with E-state index >= 15 is 0 Å². The van der Waals surface area contributed by atoms with Crippen LogP contribution in [0.5, 0.6) is 0 Å². The summed E-state index contributed by atoms with van der Waals surface area (Å²) in [6, 6.07) is 0. The number of thiol groups is 2. The summed E-state index contributed by atoms with van der Waals surface area (Å²) in [5.74, 6) is 1.74. The summed E-state index contributed by atoms with van der Waals surface area (Å²) in [4.78, 5) is 0. The normalized spacial score (nSPS) is 55.8. The first-order valence-corrected chi connectivity index (χ1v) is 10.8. The van der Waals surface area contributed by atoms with Crippen LogP contribution >= 0.6 is 25.3 Å². The number of hydrogen-bond donors (Lipinski definition) is 4. The number of rotatable bonds is 4. The van der Waals surface area contributed by atoms with Crippen molar-refractivity contribution < 1.29 is 10.2 Å². The zero-order valence-corrected chi connectivity index (χ0v) is 17.5. The molecule has 2 N–H and O–H groups in total. The van der Waals surface area contributed by atoms with Gasteiger partial charge in [0.15, 0.2) is 0 Å². The highest BCUT2D eigenvalue weighted by Gasteiger charge is 2.66. The maximum absolute atomic E-state index is 10.6. The molecule has 0 spiro atoms. The Labute approximate surface area is 159 Å². The maximum atomic E-state index is 10.6. The molecule has 0 aliphatic heterocycles. The molecule has 3 fully saturated rings. The summed E-state index contributed by atoms with van der Waals surface area (Å²) in [5, 5.41) is 21.1. The summed E-state index contributed by atoms with van der Waals surface area (Å²) in [5.41, 5.74) is -0.220. The Balaban J connectivity index is 1.62. The first kappa shape index (κ1) is 19.4. The molecule has 0 heterocycles. The number of aliphatic hydroxyl groups is 2. The molecule has 3 aliphatic carbocycles. The van der Waals surface area contributed by atoms with Crippen molar-refractivity contribution in [3.63, 3.8) is 0 Å². The summed E-state index contributed by atoms with van der Waals surface area (Å²) in [6.45, 7) is 9.07. The molecule has 0 aromatic carbocycles. The van der Waals surface area contributed by atoms with Gasteiger partial charge in [-0.05, 0) is 80.5 Å². The lowest BCUT2D eigenvalue weighted by molar-refractivity contribution is 0.00438. The van der Waals surface area contributed by atoms with E-state index in [2.05, 4.69) is 33.4 Å². The van der Waals surface area contributed by atoms with Crippen molar-refractivity contribution in [2.75, 3.05) is 0 Å². The van der Waals surface area contributed by atoms with Gasteiger partial charge >= 0.3 is 0 Å². The van der Waals surface area contributed by atoms with E-state index in [1.165, 1.54) is 19.3 Å². The average molecular weight is 373 g/mol. The molecule has 2 nitrogen and oxygen atoms in total. The standard InChI is InChI=1S/C20H36O2S2/c1-12(13-6-10-20(4,22)15(23)11-13)5-8-18(2)14-7-9-19(18,3)17(24)16(14)21/h12-17,21-24H,5-11H2,1-4H3/t12?,13-,14+,15+,16+,17-,18?,19+,20+/m1/s1. The van der Waals surface area contributed by atoms with Gasteiger partial charge in [0.2, 0.25) is 0 Å². The maximum Gasteiger partial charge on any atom is 0.0735 e. The minimum Gasteiger partial charge on any atom is -0.392 e. The minimum absolute atomic E-state index is 0.0955. The molecule has 3 aliphatic rings. The highest BCUT2D eigenvalue weighted by molar-refractivity contribution is 7.81. The van der Waals surface area contributed by atoms with Crippen LogP contribution in [0.2, 0.25) is 0 Å². The summed E-state index contributed by atoms with van der Waals surface area (Å²) in [6.07, 6.45) is 7.53. The van der Waals surface area contributed by atoms with Crippen LogP contribution in [-0.2, 0) is 0 Å². The smallest absolute Gasteiger partial charge is 0.0735 e. The van der Waals surface area contributed by atoms with Crippen molar-refractivity contribution in [3.8, 4) is 0 Å². The third-order valence-electron chi connectivity index (χ3n) is 8.68. The molecule has 2 bridgehead atoms. The van der Waals surface area contributed by atoms with E-state index < -0.39 is 5.60 Å². The molecule has 2 unspecified atom stereocenters. The van der Waals surface area contributed by atoms with E-state index in [4.69, 9.17) is 12.6 Å². The third-order valence-corrected chi connectivity index (χ3v) is 10.3. The van der Waals surface area contributed by atoms with E-state index in [1.807, 2.05) is 6.92 Å². The van der Waals surface area contributed by atoms with Crippen molar-refractivity contribution in [2.24, 2.45) is 28.6 Å². The van der Waals surface area contributed by atoms with Crippen LogP contribution in [0.4, 0.5) is 0 Å². The Morgan fingerprint density at radius 3 is 2.33 bits per heavy atom. The molecule has 4 heteroatoms. The zero-order chi connectivity index (χ0) is 17.9. The van der Waals surface area contributed by atoms with Gasteiger partial charge in [-0.2, -0.15) is 25.3 Å². The van der Waals surface area contributed by atoms with E-state index in [0.29, 0.717) is 17.8 Å². The van der Waals surface area contributed by atoms with Crippen molar-refractivity contribution in [1.29, 1.82) is 0 Å². The van der Waals surface area contributed by atoms with Crippen LogP contribution in [0.1, 0.15) is 72.6 Å². The average Bonchev–Trinajstić information content (AvgIpc) is 2.85. The van der Waals surface area contributed by atoms with Gasteiger partial charge in [-0.15, -0.1) is 0 Å². The molecule has 3 rings (SSSR count). The molecule has 9 atom stereocenters. The van der Waals surface area contributed by atoms with Crippen molar-refractivity contribution in [2.45, 2.75) is 94.8 Å². The predicted octanol–water partition coefficient (Wildman–Crippen LogP) is 4.35. The SMILES string of the molecule is CC(CCC1(C)[C@H]2CC[C@@]1(C)[C@H](S)[C@H]2O)[C@@H]1CC[C@](C)(O)[C@@H](S)C1. The molecule has 0 amide bonds. The highest BCUT2D eigenvalue weighted by atomic mass is 32.1. The van der Waals surface area contributed by atoms with Crippen LogP contribution in [0.25, 0.3) is 0 Å². The van der Waals surface area contributed by atoms with Gasteiger partial charge in [0, 0.05) is 10.5 Å². The second kappa shape index (κ2) is 6.35. The van der Waals surface area contributed by atoms with E-state index in [0.717, 1.165) is 25.7 Å². The van der Waals surface area contributed by atoms with Crippen LogP contribution in [-0.4, -0.2) is 32.4 Å². The molecule has 0 aromatic heterocycles. The van der Waals surface area contributed by atoms with Gasteiger partial charge < -0.3 is 10.2 Å². The number of fused-ring (bicyclic) bond motifs is 2. The van der Waals surface area contributed by atoms with Crippen molar-refractivity contribution >= 4 is 25.3 Å². The van der Waals surface area contributed by atoms with Crippen molar-refractivity contribution in [1.82, 2.24) is 0 Å². The molecule has 24 heavy (non-hydrogen) atoms. The van der Waals surface area contributed by atoms with Crippen LogP contribution in [0.15, 0.2) is 0 Å². The molecule has 3 saturated carbocycles. The fourth-order valence-corrected chi connectivity index (χ4v) is 7.20. The number of hydrogen-bond acceptors (Lipinski definition) is 4. The fourth-order valence-electron chi connectivity index (χ4n) is 6.17. The molecule has 0 radical (unpaired) electrons. The Morgan fingerprint density at radius 2 is 1.79 bits per heavy atom. The number of aliphatic hydroxyl groups excluding tert-OH is 1. The van der Waals surface area contributed by atoms with Gasteiger partial charge in [0.25, 0.3) is 0 Å². The summed E-state index contributed by atoms with van der Waals surface area (Å²) in [7, 11) is 0. The van der Waals surface area contributed by atoms with E-state index in [9.17, 15) is 10.2 Å². The third kappa shape index (κ3) is 2.78. The molecular formula is C20H36O2S2. The Kier molecular flexibility index (Phi) is 5.13.